The van der Waals surface area contributed by atoms with Gasteiger partial charge in [0.25, 0.3) is 0 Å². The van der Waals surface area contributed by atoms with E-state index < -0.39 is 11.6 Å². The highest BCUT2D eigenvalue weighted by molar-refractivity contribution is 6.05. The Kier molecular flexibility index (Phi) is 8.87. The molecule has 1 aliphatic rings. The number of quaternary nitrogens is 1. The average Bonchev–Trinajstić information content (AvgIpc) is 2.83. The number of allylic oxidation sites excluding steroid dienone is 1. The van der Waals surface area contributed by atoms with Gasteiger partial charge in [-0.05, 0) is 44.0 Å². The Bertz CT molecular complexity index is 1180. The van der Waals surface area contributed by atoms with Gasteiger partial charge in [-0.3, -0.25) is 4.99 Å². The van der Waals surface area contributed by atoms with Crippen LogP contribution in [0.5, 0.6) is 0 Å². The van der Waals surface area contributed by atoms with Gasteiger partial charge in [0.15, 0.2) is 11.7 Å². The van der Waals surface area contributed by atoms with Gasteiger partial charge < -0.3 is 16.4 Å². The quantitative estimate of drug-likeness (QED) is 0.246. The predicted molar refractivity (Wildman–Crippen MR) is 135 cm³/mol. The summed E-state index contributed by atoms with van der Waals surface area (Å²) in [4.78, 5) is 14.0. The molecule has 0 fully saturated rings. The minimum absolute atomic E-state index is 0.217. The van der Waals surface area contributed by atoms with Crippen molar-refractivity contribution in [3.63, 3.8) is 0 Å². The lowest BCUT2D eigenvalue weighted by molar-refractivity contribution is -0.829. The second-order valence-corrected chi connectivity index (χ2v) is 7.67. The third kappa shape index (κ3) is 6.40. The monoisotopic (exact) mass is 485 g/mol. The number of aromatic nitrogens is 1. The lowest BCUT2D eigenvalue weighted by atomic mass is 10.1. The fraction of sp³-hybridized carbons (Fsp3) is 0.292. The largest absolute Gasteiger partial charge is 0.379 e. The highest BCUT2D eigenvalue weighted by atomic mass is 19.1. The van der Waals surface area contributed by atoms with Gasteiger partial charge in [0.1, 0.15) is 23.1 Å². The van der Waals surface area contributed by atoms with E-state index in [-0.39, 0.29) is 5.56 Å². The van der Waals surface area contributed by atoms with Gasteiger partial charge in [-0.2, -0.15) is 10.6 Å². The van der Waals surface area contributed by atoms with E-state index >= 15 is 0 Å². The minimum atomic E-state index is -0.678. The van der Waals surface area contributed by atoms with E-state index in [9.17, 15) is 8.78 Å². The van der Waals surface area contributed by atoms with Crippen LogP contribution in [0.25, 0.3) is 5.70 Å². The SMILES string of the molecule is C/C=N\N1C=C(c2ccc(F)cc2F)NC(=NCCNc2ccc([NH2+]OC)c(N)n2)/C1=C(/C)CC. The summed E-state index contributed by atoms with van der Waals surface area (Å²) in [5, 5.41) is 12.5. The summed E-state index contributed by atoms with van der Waals surface area (Å²) in [6, 6.07) is 7.06. The van der Waals surface area contributed by atoms with E-state index in [1.54, 1.807) is 37.5 Å². The lowest BCUT2D eigenvalue weighted by Gasteiger charge is -2.30. The maximum atomic E-state index is 14.5. The Morgan fingerprint density at radius 2 is 2.11 bits per heavy atom. The number of aliphatic imine (C=N–C) groups is 1. The van der Waals surface area contributed by atoms with Crippen LogP contribution in [-0.2, 0) is 4.84 Å². The predicted octanol–water partition coefficient (Wildman–Crippen LogP) is 3.10. The normalized spacial score (nSPS) is 16.5. The van der Waals surface area contributed by atoms with Crippen LogP contribution in [0.2, 0.25) is 0 Å². The van der Waals surface area contributed by atoms with Gasteiger partial charge in [0.05, 0.1) is 25.6 Å². The Labute approximate surface area is 203 Å². The van der Waals surface area contributed by atoms with Crippen molar-refractivity contribution in [1.82, 2.24) is 15.3 Å². The summed E-state index contributed by atoms with van der Waals surface area (Å²) >= 11 is 0. The molecule has 0 atom stereocenters. The van der Waals surface area contributed by atoms with Crippen molar-refractivity contribution in [1.29, 1.82) is 0 Å². The molecular formula is C24H31F2N8O+. The third-order valence-corrected chi connectivity index (χ3v) is 5.24. The number of hydrogen-bond acceptors (Lipinski definition) is 7. The molecule has 1 aliphatic heterocycles. The van der Waals surface area contributed by atoms with Gasteiger partial charge in [0.2, 0.25) is 5.69 Å². The summed E-state index contributed by atoms with van der Waals surface area (Å²) in [5.74, 6) is 0.179. The maximum Gasteiger partial charge on any atom is 0.204 e. The number of hydrazone groups is 1. The van der Waals surface area contributed by atoms with Gasteiger partial charge in [-0.15, -0.1) is 0 Å². The zero-order chi connectivity index (χ0) is 25.4. The number of nitrogens with one attached hydrogen (secondary N) is 2. The Balaban J connectivity index is 1.85. The number of pyridine rings is 1. The molecule has 35 heavy (non-hydrogen) atoms. The number of rotatable bonds is 9. The molecule has 0 unspecified atom stereocenters. The first-order valence-corrected chi connectivity index (χ1v) is 11.2. The van der Waals surface area contributed by atoms with Crippen LogP contribution < -0.4 is 21.8 Å². The van der Waals surface area contributed by atoms with Gasteiger partial charge in [0, 0.05) is 30.5 Å². The number of benzene rings is 1. The van der Waals surface area contributed by atoms with Crippen LogP contribution >= 0.6 is 0 Å². The van der Waals surface area contributed by atoms with Crippen molar-refractivity contribution in [3.8, 4) is 0 Å². The zero-order valence-corrected chi connectivity index (χ0v) is 20.3. The number of nitrogen functional groups attached to an aromatic ring is 1. The highest BCUT2D eigenvalue weighted by Gasteiger charge is 2.25. The fourth-order valence-electron chi connectivity index (χ4n) is 3.42. The van der Waals surface area contributed by atoms with Crippen LogP contribution in [0.3, 0.4) is 0 Å². The highest BCUT2D eigenvalue weighted by Crippen LogP contribution is 2.27. The van der Waals surface area contributed by atoms with E-state index in [0.717, 1.165) is 23.8 Å². The molecule has 6 N–H and O–H groups in total. The smallest absolute Gasteiger partial charge is 0.204 e. The van der Waals surface area contributed by atoms with E-state index in [4.69, 9.17) is 15.6 Å². The number of hydrogen-bond donors (Lipinski definition) is 4. The molecule has 0 amide bonds. The Hall–Kier alpha value is -3.83. The average molecular weight is 486 g/mol. The number of anilines is 2. The van der Waals surface area contributed by atoms with Crippen molar-refractivity contribution in [2.24, 2.45) is 10.1 Å². The van der Waals surface area contributed by atoms with Crippen molar-refractivity contribution in [3.05, 3.63) is 65.0 Å². The summed E-state index contributed by atoms with van der Waals surface area (Å²) in [5.41, 5.74) is 10.6. The molecule has 3 rings (SSSR count). The first-order chi connectivity index (χ1) is 16.9. The Morgan fingerprint density at radius 1 is 1.31 bits per heavy atom. The molecule has 9 nitrogen and oxygen atoms in total. The van der Waals surface area contributed by atoms with Crippen LogP contribution in [0, 0.1) is 11.6 Å². The van der Waals surface area contributed by atoms with Crippen LogP contribution in [0.1, 0.15) is 32.8 Å². The van der Waals surface area contributed by atoms with Crippen molar-refractivity contribution >= 4 is 35.1 Å². The second-order valence-electron chi connectivity index (χ2n) is 7.67. The molecule has 1 aromatic heterocycles. The topological polar surface area (TPSA) is 117 Å². The van der Waals surface area contributed by atoms with Crippen LogP contribution in [0.15, 0.2) is 57.9 Å². The van der Waals surface area contributed by atoms with Gasteiger partial charge >= 0.3 is 0 Å². The van der Waals surface area contributed by atoms with Crippen molar-refractivity contribution < 1.29 is 19.1 Å². The van der Waals surface area contributed by atoms with E-state index in [1.807, 2.05) is 19.9 Å². The molecule has 186 valence electrons. The number of nitrogens with two attached hydrogens (primary N) is 2. The molecule has 0 saturated carbocycles. The number of nitrogens with zero attached hydrogens (tertiary/aromatic N) is 4. The molecule has 11 heteroatoms. The summed E-state index contributed by atoms with van der Waals surface area (Å²) in [6.45, 7) is 6.69. The molecule has 0 radical (unpaired) electrons. The van der Waals surface area contributed by atoms with Crippen molar-refractivity contribution in [2.75, 3.05) is 31.2 Å². The van der Waals surface area contributed by atoms with Crippen LogP contribution in [0.4, 0.5) is 26.1 Å². The Morgan fingerprint density at radius 3 is 2.77 bits per heavy atom. The molecule has 0 spiro atoms. The van der Waals surface area contributed by atoms with E-state index in [2.05, 4.69) is 20.7 Å². The molecule has 2 heterocycles. The van der Waals surface area contributed by atoms with E-state index in [1.165, 1.54) is 17.6 Å². The first-order valence-electron chi connectivity index (χ1n) is 11.2. The molecule has 0 aliphatic carbocycles. The molecule has 0 saturated heterocycles. The van der Waals surface area contributed by atoms with E-state index in [0.29, 0.717) is 41.9 Å². The van der Waals surface area contributed by atoms with Gasteiger partial charge in [-0.25, -0.2) is 23.6 Å². The van der Waals surface area contributed by atoms with Crippen molar-refractivity contribution in [2.45, 2.75) is 27.2 Å². The van der Waals surface area contributed by atoms with Gasteiger partial charge in [-0.1, -0.05) is 6.92 Å². The summed E-state index contributed by atoms with van der Waals surface area (Å²) in [6.07, 6.45) is 4.09. The maximum absolute atomic E-state index is 14.5. The number of halogens is 2. The lowest BCUT2D eigenvalue weighted by Crippen LogP contribution is -2.76. The number of amidine groups is 1. The van der Waals surface area contributed by atoms with Crippen LogP contribution in [-0.4, -0.2) is 42.2 Å². The third-order valence-electron chi connectivity index (χ3n) is 5.24. The standard InChI is InChI=1S/C24H30F2N8O/c1-5-15(3)22-24(29-12-11-28-21-10-9-19(33-35-4)23(27)32-21)31-20(14-34(22)30-6-2)17-8-7-16(25)13-18(17)26/h6-10,13-14,33H,5,11-12H2,1-4H3,(H,29,31)(H3,27,28,32)/p+1/b22-15+,30-6-. The molecule has 2 aromatic rings. The fourth-order valence-corrected chi connectivity index (χ4v) is 3.42. The molecule has 0 bridgehead atoms. The first kappa shape index (κ1) is 25.8. The molecular weight excluding hydrogens is 454 g/mol. The second kappa shape index (κ2) is 12.0. The molecule has 1 aromatic carbocycles. The minimum Gasteiger partial charge on any atom is -0.379 e. The zero-order valence-electron chi connectivity index (χ0n) is 20.3. The summed E-state index contributed by atoms with van der Waals surface area (Å²) < 4.78 is 28.0. The summed E-state index contributed by atoms with van der Waals surface area (Å²) in [7, 11) is 1.55.